The van der Waals surface area contributed by atoms with Gasteiger partial charge in [-0.15, -0.1) is 0 Å². The van der Waals surface area contributed by atoms with Gasteiger partial charge in [0.15, 0.2) is 5.17 Å². The van der Waals surface area contributed by atoms with Gasteiger partial charge in [-0.25, -0.2) is 4.39 Å². The fourth-order valence-corrected chi connectivity index (χ4v) is 3.50. The Labute approximate surface area is 111 Å². The Balaban J connectivity index is 1.57. The van der Waals surface area contributed by atoms with Crippen LogP contribution in [0.25, 0.3) is 0 Å². The van der Waals surface area contributed by atoms with E-state index in [4.69, 9.17) is 0 Å². The molecule has 1 aromatic rings. The first-order valence-electron chi connectivity index (χ1n) is 6.45. The summed E-state index contributed by atoms with van der Waals surface area (Å²) in [4.78, 5) is 4.56. The van der Waals surface area contributed by atoms with Crippen LogP contribution in [0.4, 0.5) is 4.39 Å². The van der Waals surface area contributed by atoms with Crippen LogP contribution in [-0.2, 0) is 0 Å². The number of hydrogen-bond donors (Lipinski definition) is 1. The number of thioether (sulfide) groups is 1. The molecule has 3 rings (SSSR count). The lowest BCUT2D eigenvalue weighted by molar-refractivity contribution is 0.624. The van der Waals surface area contributed by atoms with Gasteiger partial charge in [0.2, 0.25) is 0 Å². The highest BCUT2D eigenvalue weighted by Crippen LogP contribution is 2.41. The predicted molar refractivity (Wildman–Crippen MR) is 74.4 cm³/mol. The van der Waals surface area contributed by atoms with Crippen molar-refractivity contribution in [3.8, 4) is 0 Å². The van der Waals surface area contributed by atoms with Gasteiger partial charge in [-0.05, 0) is 43.4 Å². The van der Waals surface area contributed by atoms with Crippen LogP contribution >= 0.6 is 11.8 Å². The van der Waals surface area contributed by atoms with Crippen LogP contribution < -0.4 is 5.32 Å². The standard InChI is InChI=1S/C14H17FN2S/c1-9(10-4-6-12(15)7-5-10)17-14-16-8-13(18-14)11-2-3-11/h4-7,9,11,13H,2-3,8H2,1H3,(H,16,17). The number of hydrogen-bond acceptors (Lipinski definition) is 3. The number of rotatable bonds is 3. The van der Waals surface area contributed by atoms with Gasteiger partial charge in [0.1, 0.15) is 5.82 Å². The second-order valence-electron chi connectivity index (χ2n) is 5.06. The van der Waals surface area contributed by atoms with Crippen LogP contribution in [0.1, 0.15) is 31.4 Å². The molecule has 18 heavy (non-hydrogen) atoms. The summed E-state index contributed by atoms with van der Waals surface area (Å²) in [6.07, 6.45) is 2.74. The normalized spacial score (nSPS) is 24.8. The number of nitrogens with zero attached hydrogens (tertiary/aromatic N) is 1. The van der Waals surface area contributed by atoms with Crippen LogP contribution in [0.3, 0.4) is 0 Å². The van der Waals surface area contributed by atoms with E-state index in [1.807, 2.05) is 23.9 Å². The minimum Gasteiger partial charge on any atom is -0.358 e. The molecule has 0 saturated heterocycles. The average Bonchev–Trinajstić information content (AvgIpc) is 3.11. The molecule has 0 aromatic heterocycles. The molecule has 1 heterocycles. The van der Waals surface area contributed by atoms with Crippen molar-refractivity contribution in [1.82, 2.24) is 5.32 Å². The SMILES string of the molecule is CC(NC1=NCC(C2CC2)S1)c1ccc(F)cc1. The van der Waals surface area contributed by atoms with E-state index in [9.17, 15) is 4.39 Å². The highest BCUT2D eigenvalue weighted by atomic mass is 32.2. The van der Waals surface area contributed by atoms with Crippen molar-refractivity contribution in [2.45, 2.75) is 31.1 Å². The van der Waals surface area contributed by atoms with E-state index >= 15 is 0 Å². The Morgan fingerprint density at radius 1 is 1.33 bits per heavy atom. The molecular weight excluding hydrogens is 247 g/mol. The summed E-state index contributed by atoms with van der Waals surface area (Å²) in [7, 11) is 0. The van der Waals surface area contributed by atoms with Gasteiger partial charge >= 0.3 is 0 Å². The molecule has 1 saturated carbocycles. The molecule has 96 valence electrons. The van der Waals surface area contributed by atoms with Crippen molar-refractivity contribution >= 4 is 16.9 Å². The van der Waals surface area contributed by atoms with Crippen molar-refractivity contribution in [2.75, 3.05) is 6.54 Å². The van der Waals surface area contributed by atoms with E-state index in [2.05, 4.69) is 17.2 Å². The molecule has 1 aliphatic heterocycles. The highest BCUT2D eigenvalue weighted by molar-refractivity contribution is 8.14. The van der Waals surface area contributed by atoms with E-state index in [-0.39, 0.29) is 11.9 Å². The quantitative estimate of drug-likeness (QED) is 0.905. The van der Waals surface area contributed by atoms with Crippen molar-refractivity contribution in [2.24, 2.45) is 10.9 Å². The molecular formula is C14H17FN2S. The number of halogens is 1. The maximum Gasteiger partial charge on any atom is 0.157 e. The molecule has 2 atom stereocenters. The Kier molecular flexibility index (Phi) is 3.29. The Bertz CT molecular complexity index is 453. The molecule has 0 amide bonds. The van der Waals surface area contributed by atoms with Gasteiger partial charge in [-0.3, -0.25) is 4.99 Å². The van der Waals surface area contributed by atoms with Crippen LogP contribution in [0, 0.1) is 11.7 Å². The number of amidine groups is 1. The highest BCUT2D eigenvalue weighted by Gasteiger charge is 2.35. The molecule has 1 fully saturated rings. The maximum atomic E-state index is 12.9. The predicted octanol–water partition coefficient (Wildman–Crippen LogP) is 3.36. The summed E-state index contributed by atoms with van der Waals surface area (Å²) in [5, 5.41) is 5.15. The smallest absolute Gasteiger partial charge is 0.157 e. The third kappa shape index (κ3) is 2.69. The number of benzene rings is 1. The van der Waals surface area contributed by atoms with E-state index in [1.54, 1.807) is 0 Å². The van der Waals surface area contributed by atoms with Gasteiger partial charge in [-0.1, -0.05) is 23.9 Å². The Morgan fingerprint density at radius 2 is 2.06 bits per heavy atom. The van der Waals surface area contributed by atoms with E-state index in [1.165, 1.54) is 25.0 Å². The molecule has 1 aliphatic carbocycles. The minimum absolute atomic E-state index is 0.176. The van der Waals surface area contributed by atoms with Gasteiger partial charge < -0.3 is 5.32 Å². The molecule has 1 aromatic carbocycles. The zero-order valence-corrected chi connectivity index (χ0v) is 11.2. The molecule has 1 N–H and O–H groups in total. The average molecular weight is 264 g/mol. The summed E-state index contributed by atoms with van der Waals surface area (Å²) < 4.78 is 12.9. The summed E-state index contributed by atoms with van der Waals surface area (Å²) in [6, 6.07) is 6.83. The first-order valence-corrected chi connectivity index (χ1v) is 7.33. The third-order valence-electron chi connectivity index (χ3n) is 3.54. The molecule has 2 aliphatic rings. The monoisotopic (exact) mass is 264 g/mol. The molecule has 4 heteroatoms. The van der Waals surface area contributed by atoms with Crippen molar-refractivity contribution in [1.29, 1.82) is 0 Å². The molecule has 0 radical (unpaired) electrons. The summed E-state index contributed by atoms with van der Waals surface area (Å²) in [6.45, 7) is 3.04. The molecule has 2 nitrogen and oxygen atoms in total. The molecule has 2 unspecified atom stereocenters. The zero-order valence-electron chi connectivity index (χ0n) is 10.4. The summed E-state index contributed by atoms with van der Waals surface area (Å²) >= 11 is 1.87. The fourth-order valence-electron chi connectivity index (χ4n) is 2.20. The Hall–Kier alpha value is -1.03. The number of aliphatic imine (C=N–C) groups is 1. The van der Waals surface area contributed by atoms with Crippen LogP contribution in [0.15, 0.2) is 29.3 Å². The van der Waals surface area contributed by atoms with Gasteiger partial charge in [-0.2, -0.15) is 0 Å². The Morgan fingerprint density at radius 3 is 2.72 bits per heavy atom. The lowest BCUT2D eigenvalue weighted by atomic mass is 10.1. The molecule has 0 bridgehead atoms. The van der Waals surface area contributed by atoms with Crippen molar-refractivity contribution in [3.05, 3.63) is 35.6 Å². The van der Waals surface area contributed by atoms with Crippen molar-refractivity contribution in [3.63, 3.8) is 0 Å². The summed E-state index contributed by atoms with van der Waals surface area (Å²) in [5.41, 5.74) is 1.09. The van der Waals surface area contributed by atoms with E-state index in [0.29, 0.717) is 5.25 Å². The van der Waals surface area contributed by atoms with E-state index in [0.717, 1.165) is 23.2 Å². The van der Waals surface area contributed by atoms with Crippen LogP contribution in [-0.4, -0.2) is 17.0 Å². The third-order valence-corrected chi connectivity index (χ3v) is 4.84. The lowest BCUT2D eigenvalue weighted by Gasteiger charge is -2.15. The van der Waals surface area contributed by atoms with E-state index < -0.39 is 0 Å². The van der Waals surface area contributed by atoms with Crippen LogP contribution in [0.5, 0.6) is 0 Å². The fraction of sp³-hybridized carbons (Fsp3) is 0.500. The summed E-state index contributed by atoms with van der Waals surface area (Å²) in [5.74, 6) is 0.700. The van der Waals surface area contributed by atoms with Crippen LogP contribution in [0.2, 0.25) is 0 Å². The molecule has 0 spiro atoms. The zero-order chi connectivity index (χ0) is 12.5. The van der Waals surface area contributed by atoms with Gasteiger partial charge in [0.05, 0.1) is 12.6 Å². The van der Waals surface area contributed by atoms with Gasteiger partial charge in [0.25, 0.3) is 0 Å². The second kappa shape index (κ2) is 4.92. The van der Waals surface area contributed by atoms with Gasteiger partial charge in [0, 0.05) is 5.25 Å². The number of nitrogens with one attached hydrogen (secondary N) is 1. The lowest BCUT2D eigenvalue weighted by Crippen LogP contribution is -2.23. The topological polar surface area (TPSA) is 24.4 Å². The van der Waals surface area contributed by atoms with Crippen molar-refractivity contribution < 1.29 is 4.39 Å². The first-order chi connectivity index (χ1) is 8.72. The maximum absolute atomic E-state index is 12.9. The second-order valence-corrected chi connectivity index (χ2v) is 6.29. The minimum atomic E-state index is -0.188. The first kappa shape index (κ1) is 12.0. The largest absolute Gasteiger partial charge is 0.358 e.